The quantitative estimate of drug-likeness (QED) is 0.460. The number of carbonyl (C=O) groups excluding carboxylic acids is 2. The highest BCUT2D eigenvalue weighted by Crippen LogP contribution is 2.23. The molecule has 2 aliphatic heterocycles. The summed E-state index contributed by atoms with van der Waals surface area (Å²) < 4.78 is 5.45. The van der Waals surface area contributed by atoms with Gasteiger partial charge in [0.05, 0.1) is 13.2 Å². The monoisotopic (exact) mass is 541 g/mol. The van der Waals surface area contributed by atoms with Crippen molar-refractivity contribution in [3.63, 3.8) is 0 Å². The minimum absolute atomic E-state index is 0.184. The Kier molecular flexibility index (Phi) is 9.11. The second-order valence-electron chi connectivity index (χ2n) is 10.7. The van der Waals surface area contributed by atoms with Crippen molar-refractivity contribution < 1.29 is 14.3 Å². The lowest BCUT2D eigenvalue weighted by molar-refractivity contribution is 0.101. The third-order valence-corrected chi connectivity index (χ3v) is 7.64. The molecule has 0 radical (unpaired) electrons. The predicted molar refractivity (Wildman–Crippen MR) is 160 cm³/mol. The van der Waals surface area contributed by atoms with Crippen LogP contribution in [0.25, 0.3) is 0 Å². The molecule has 210 valence electrons. The molecule has 0 aliphatic carbocycles. The predicted octanol–water partition coefficient (Wildman–Crippen LogP) is 4.47. The molecule has 8 nitrogen and oxygen atoms in total. The number of rotatable bonds is 7. The number of anilines is 3. The number of morpholine rings is 1. The zero-order valence-corrected chi connectivity index (χ0v) is 23.5. The number of amides is 2. The van der Waals surface area contributed by atoms with E-state index in [9.17, 15) is 9.59 Å². The van der Waals surface area contributed by atoms with Crippen molar-refractivity contribution in [2.45, 2.75) is 19.9 Å². The zero-order chi connectivity index (χ0) is 27.9. The van der Waals surface area contributed by atoms with Crippen LogP contribution in [-0.4, -0.2) is 81.1 Å². The van der Waals surface area contributed by atoms with Crippen molar-refractivity contribution in [3.05, 3.63) is 89.0 Å². The number of nitrogens with one attached hydrogen (secondary N) is 2. The smallest absolute Gasteiger partial charge is 0.255 e. The summed E-state index contributed by atoms with van der Waals surface area (Å²) in [6, 6.07) is 21.1. The Morgan fingerprint density at radius 1 is 0.800 bits per heavy atom. The standard InChI is InChI=1S/C32H39N5O3/c1-24-10-11-27(31(38)33-28-8-4-9-29(22-28)37-16-18-40-19-17-37)21-30(24)34-32(39)26-7-3-6-25(20-26)23-36-13-5-12-35(2)14-15-36/h3-4,6-11,20-22H,5,12-19,23H2,1-2H3,(H,33,38)(H,34,39). The van der Waals surface area contributed by atoms with Gasteiger partial charge in [-0.2, -0.15) is 0 Å². The molecular weight excluding hydrogens is 502 g/mol. The van der Waals surface area contributed by atoms with Crippen molar-refractivity contribution in [1.29, 1.82) is 0 Å². The second kappa shape index (κ2) is 13.1. The van der Waals surface area contributed by atoms with Crippen molar-refractivity contribution in [2.75, 3.05) is 75.1 Å². The molecule has 0 atom stereocenters. The van der Waals surface area contributed by atoms with Gasteiger partial charge in [0.2, 0.25) is 0 Å². The van der Waals surface area contributed by atoms with Crippen LogP contribution in [-0.2, 0) is 11.3 Å². The third-order valence-electron chi connectivity index (χ3n) is 7.64. The van der Waals surface area contributed by atoms with Crippen LogP contribution in [0.2, 0.25) is 0 Å². The Balaban J connectivity index is 1.24. The third kappa shape index (κ3) is 7.27. The lowest BCUT2D eigenvalue weighted by Gasteiger charge is -2.29. The molecular formula is C32H39N5O3. The molecule has 2 saturated heterocycles. The highest BCUT2D eigenvalue weighted by atomic mass is 16.5. The molecule has 40 heavy (non-hydrogen) atoms. The first kappa shape index (κ1) is 27.8. The maximum absolute atomic E-state index is 13.2. The van der Waals surface area contributed by atoms with Gasteiger partial charge in [0.1, 0.15) is 0 Å². The summed E-state index contributed by atoms with van der Waals surface area (Å²) in [6.07, 6.45) is 1.15. The Morgan fingerprint density at radius 2 is 1.57 bits per heavy atom. The summed E-state index contributed by atoms with van der Waals surface area (Å²) in [7, 11) is 2.17. The van der Waals surface area contributed by atoms with E-state index in [2.05, 4.69) is 38.4 Å². The maximum atomic E-state index is 13.2. The number of hydrogen-bond acceptors (Lipinski definition) is 6. The van der Waals surface area contributed by atoms with Gasteiger partial charge in [0.25, 0.3) is 11.8 Å². The number of nitrogens with zero attached hydrogens (tertiary/aromatic N) is 3. The van der Waals surface area contributed by atoms with Crippen LogP contribution in [0.4, 0.5) is 17.1 Å². The highest BCUT2D eigenvalue weighted by molar-refractivity contribution is 6.08. The summed E-state index contributed by atoms with van der Waals surface area (Å²) in [6.45, 7) is 10.1. The van der Waals surface area contributed by atoms with Gasteiger partial charge in [-0.1, -0.05) is 24.3 Å². The lowest BCUT2D eigenvalue weighted by Crippen LogP contribution is -2.36. The van der Waals surface area contributed by atoms with Gasteiger partial charge in [-0.3, -0.25) is 14.5 Å². The van der Waals surface area contributed by atoms with Crippen LogP contribution < -0.4 is 15.5 Å². The molecule has 3 aromatic carbocycles. The first-order valence-corrected chi connectivity index (χ1v) is 14.1. The normalized spacial score (nSPS) is 16.8. The van der Waals surface area contributed by atoms with E-state index < -0.39 is 0 Å². The highest BCUT2D eigenvalue weighted by Gasteiger charge is 2.16. The average Bonchev–Trinajstić information content (AvgIpc) is 3.18. The van der Waals surface area contributed by atoms with E-state index in [0.717, 1.165) is 74.7 Å². The fourth-order valence-corrected chi connectivity index (χ4v) is 5.22. The molecule has 0 bridgehead atoms. The van der Waals surface area contributed by atoms with Crippen LogP contribution in [0, 0.1) is 6.92 Å². The number of aryl methyl sites for hydroxylation is 1. The Hall–Kier alpha value is -3.72. The van der Waals surface area contributed by atoms with Crippen LogP contribution >= 0.6 is 0 Å². The SMILES string of the molecule is Cc1ccc(C(=O)Nc2cccc(N3CCOCC3)c2)cc1NC(=O)c1cccc(CN2CCCN(C)CC2)c1. The van der Waals surface area contributed by atoms with Crippen molar-refractivity contribution in [3.8, 4) is 0 Å². The first-order valence-electron chi connectivity index (χ1n) is 14.1. The van der Waals surface area contributed by atoms with E-state index in [-0.39, 0.29) is 11.8 Å². The van der Waals surface area contributed by atoms with E-state index in [1.807, 2.05) is 55.5 Å². The molecule has 5 rings (SSSR count). The fourth-order valence-electron chi connectivity index (χ4n) is 5.22. The van der Waals surface area contributed by atoms with Crippen LogP contribution in [0.5, 0.6) is 0 Å². The summed E-state index contributed by atoms with van der Waals surface area (Å²) in [5.41, 5.74) is 5.53. The van der Waals surface area contributed by atoms with E-state index >= 15 is 0 Å². The van der Waals surface area contributed by atoms with Crippen LogP contribution in [0.3, 0.4) is 0 Å². The first-order chi connectivity index (χ1) is 19.4. The van der Waals surface area contributed by atoms with E-state index in [4.69, 9.17) is 4.74 Å². The topological polar surface area (TPSA) is 77.2 Å². The minimum Gasteiger partial charge on any atom is -0.378 e. The maximum Gasteiger partial charge on any atom is 0.255 e. The van der Waals surface area contributed by atoms with Crippen LogP contribution in [0.1, 0.15) is 38.3 Å². The van der Waals surface area contributed by atoms with E-state index in [0.29, 0.717) is 30.0 Å². The molecule has 0 saturated carbocycles. The molecule has 2 amide bonds. The van der Waals surface area contributed by atoms with Gasteiger partial charge in [0, 0.05) is 60.9 Å². The molecule has 0 unspecified atom stereocenters. The van der Waals surface area contributed by atoms with Gasteiger partial charge < -0.3 is 25.2 Å². The Labute approximate surface area is 236 Å². The van der Waals surface area contributed by atoms with Crippen molar-refractivity contribution in [1.82, 2.24) is 9.80 Å². The van der Waals surface area contributed by atoms with E-state index in [1.54, 1.807) is 12.1 Å². The van der Waals surface area contributed by atoms with E-state index in [1.165, 1.54) is 0 Å². The summed E-state index contributed by atoms with van der Waals surface area (Å²) >= 11 is 0. The van der Waals surface area contributed by atoms with Gasteiger partial charge in [0.15, 0.2) is 0 Å². The molecule has 2 aliphatic rings. The number of carbonyl (C=O) groups is 2. The largest absolute Gasteiger partial charge is 0.378 e. The summed E-state index contributed by atoms with van der Waals surface area (Å²) in [5, 5.41) is 6.03. The zero-order valence-electron chi connectivity index (χ0n) is 23.5. The molecule has 3 aromatic rings. The second-order valence-corrected chi connectivity index (χ2v) is 10.7. The minimum atomic E-state index is -0.222. The number of ether oxygens (including phenoxy) is 1. The number of hydrogen-bond donors (Lipinski definition) is 2. The fraction of sp³-hybridized carbons (Fsp3) is 0.375. The molecule has 0 aromatic heterocycles. The summed E-state index contributed by atoms with van der Waals surface area (Å²) in [5.74, 6) is -0.406. The Morgan fingerprint density at radius 3 is 2.42 bits per heavy atom. The van der Waals surface area contributed by atoms with Gasteiger partial charge in [-0.05, 0) is 87.1 Å². The lowest BCUT2D eigenvalue weighted by atomic mass is 10.1. The molecule has 8 heteroatoms. The molecule has 2 heterocycles. The van der Waals surface area contributed by atoms with Gasteiger partial charge >= 0.3 is 0 Å². The molecule has 2 fully saturated rings. The Bertz CT molecular complexity index is 1340. The molecule has 2 N–H and O–H groups in total. The van der Waals surface area contributed by atoms with Gasteiger partial charge in [-0.15, -0.1) is 0 Å². The number of likely N-dealkylation sites (N-methyl/N-ethyl adjacent to an activating group) is 1. The average molecular weight is 542 g/mol. The van der Waals surface area contributed by atoms with Crippen molar-refractivity contribution >= 4 is 28.9 Å². The summed E-state index contributed by atoms with van der Waals surface area (Å²) in [4.78, 5) is 33.4. The molecule has 0 spiro atoms. The van der Waals surface area contributed by atoms with Crippen LogP contribution in [0.15, 0.2) is 66.7 Å². The number of benzene rings is 3. The van der Waals surface area contributed by atoms with Gasteiger partial charge in [-0.25, -0.2) is 0 Å². The van der Waals surface area contributed by atoms with Crippen molar-refractivity contribution in [2.24, 2.45) is 0 Å².